The zero-order valence-electron chi connectivity index (χ0n) is 8.33. The minimum absolute atomic E-state index is 0.554. The van der Waals surface area contributed by atoms with Gasteiger partial charge in [-0.15, -0.1) is 0 Å². The highest BCUT2D eigenvalue weighted by molar-refractivity contribution is 7.81. The van der Waals surface area contributed by atoms with Crippen molar-refractivity contribution in [3.05, 3.63) is 30.0 Å². The average molecular weight is 206 g/mol. The lowest BCUT2D eigenvalue weighted by atomic mass is 10.0. The van der Waals surface area contributed by atoms with Crippen LogP contribution in [-0.2, 0) is 0 Å². The molecule has 0 saturated heterocycles. The minimum atomic E-state index is 0.554. The normalized spacial score (nSPS) is 11.1. The quantitative estimate of drug-likeness (QED) is 0.644. The number of fused-ring (bicyclic) bond motifs is 1. The van der Waals surface area contributed by atoms with Crippen molar-refractivity contribution in [2.24, 2.45) is 0 Å². The van der Waals surface area contributed by atoms with Crippen molar-refractivity contribution in [1.29, 1.82) is 0 Å². The van der Waals surface area contributed by atoms with Crippen molar-refractivity contribution in [2.45, 2.75) is 19.8 Å². The lowest BCUT2D eigenvalue weighted by Gasteiger charge is -2.03. The first kappa shape index (κ1) is 9.46. The van der Waals surface area contributed by atoms with Gasteiger partial charge in [-0.3, -0.25) is 0 Å². The van der Waals surface area contributed by atoms with Gasteiger partial charge in [0.1, 0.15) is 0 Å². The number of aromatic nitrogens is 1. The molecule has 0 spiro atoms. The van der Waals surface area contributed by atoms with E-state index in [0.29, 0.717) is 5.92 Å². The van der Waals surface area contributed by atoms with E-state index in [1.807, 2.05) is 6.07 Å². The van der Waals surface area contributed by atoms with Crippen LogP contribution in [0.5, 0.6) is 0 Å². The number of rotatable bonds is 2. The Hall–Kier alpha value is -1.09. The lowest BCUT2D eigenvalue weighted by molar-refractivity contribution is 0.875. The van der Waals surface area contributed by atoms with Crippen molar-refractivity contribution >= 4 is 29.4 Å². The molecule has 14 heavy (non-hydrogen) atoms. The fourth-order valence-corrected chi connectivity index (χ4v) is 1.83. The molecule has 2 N–H and O–H groups in total. The molecule has 0 fully saturated rings. The van der Waals surface area contributed by atoms with Gasteiger partial charge in [0.2, 0.25) is 0 Å². The van der Waals surface area contributed by atoms with Crippen LogP contribution in [0.2, 0.25) is 0 Å². The minimum Gasteiger partial charge on any atom is -0.361 e. The summed E-state index contributed by atoms with van der Waals surface area (Å²) >= 11 is 4.02. The molecule has 0 saturated carbocycles. The van der Waals surface area contributed by atoms with Crippen LogP contribution in [0, 0.1) is 0 Å². The average Bonchev–Trinajstić information content (AvgIpc) is 2.59. The Morgan fingerprint density at radius 2 is 2.14 bits per heavy atom. The summed E-state index contributed by atoms with van der Waals surface area (Å²) in [5.74, 6) is 0.554. The van der Waals surface area contributed by atoms with Gasteiger partial charge in [-0.2, -0.15) is 0 Å². The lowest BCUT2D eigenvalue weighted by Crippen LogP contribution is -1.84. The van der Waals surface area contributed by atoms with Crippen LogP contribution < -0.4 is 4.72 Å². The fraction of sp³-hybridized carbons (Fsp3) is 0.273. The number of H-pyrrole nitrogens is 1. The van der Waals surface area contributed by atoms with Gasteiger partial charge in [-0.1, -0.05) is 32.7 Å². The predicted octanol–water partition coefficient (Wildman–Crippen LogP) is 3.55. The monoisotopic (exact) mass is 206 g/mol. The van der Waals surface area contributed by atoms with Crippen molar-refractivity contribution in [2.75, 3.05) is 4.72 Å². The molecular weight excluding hydrogens is 192 g/mol. The summed E-state index contributed by atoms with van der Waals surface area (Å²) in [7, 11) is 0. The fourth-order valence-electron chi connectivity index (χ4n) is 1.70. The van der Waals surface area contributed by atoms with Crippen molar-refractivity contribution in [3.8, 4) is 0 Å². The van der Waals surface area contributed by atoms with E-state index in [-0.39, 0.29) is 0 Å². The highest BCUT2D eigenvalue weighted by Gasteiger charge is 2.06. The third-order valence-electron chi connectivity index (χ3n) is 2.46. The summed E-state index contributed by atoms with van der Waals surface area (Å²) < 4.78 is 2.83. The number of nitrogens with one attached hydrogen (secondary N) is 2. The van der Waals surface area contributed by atoms with Gasteiger partial charge >= 0.3 is 0 Å². The van der Waals surface area contributed by atoms with Crippen molar-refractivity contribution in [3.63, 3.8) is 0 Å². The number of aromatic amines is 1. The SMILES string of the molecule is CC(C)c1c[nH]c2cc(NS)ccc12. The Labute approximate surface area is 89.3 Å². The van der Waals surface area contributed by atoms with E-state index in [1.165, 1.54) is 10.9 Å². The van der Waals surface area contributed by atoms with E-state index in [4.69, 9.17) is 0 Å². The Bertz CT molecular complexity index is 445. The third kappa shape index (κ3) is 1.48. The summed E-state index contributed by atoms with van der Waals surface area (Å²) in [5.41, 5.74) is 3.54. The second-order valence-electron chi connectivity index (χ2n) is 3.77. The van der Waals surface area contributed by atoms with Gasteiger partial charge in [0.05, 0.1) is 0 Å². The molecule has 0 aliphatic carbocycles. The molecule has 0 amide bonds. The van der Waals surface area contributed by atoms with Crippen molar-refractivity contribution < 1.29 is 0 Å². The summed E-state index contributed by atoms with van der Waals surface area (Å²) in [6.45, 7) is 4.40. The molecule has 0 atom stereocenters. The maximum Gasteiger partial charge on any atom is 0.0477 e. The molecule has 0 aliphatic heterocycles. The third-order valence-corrected chi connectivity index (χ3v) is 2.72. The van der Waals surface area contributed by atoms with E-state index in [1.54, 1.807) is 0 Å². The molecule has 0 bridgehead atoms. The van der Waals surface area contributed by atoms with Crippen LogP contribution in [0.25, 0.3) is 10.9 Å². The molecule has 3 heteroatoms. The molecule has 74 valence electrons. The van der Waals surface area contributed by atoms with Crippen LogP contribution in [0.4, 0.5) is 5.69 Å². The van der Waals surface area contributed by atoms with E-state index in [9.17, 15) is 0 Å². The molecule has 0 radical (unpaired) electrons. The van der Waals surface area contributed by atoms with E-state index in [2.05, 4.69) is 54.7 Å². The first-order valence-electron chi connectivity index (χ1n) is 4.73. The van der Waals surface area contributed by atoms with E-state index >= 15 is 0 Å². The predicted molar refractivity (Wildman–Crippen MR) is 65.0 cm³/mol. The van der Waals surface area contributed by atoms with Crippen LogP contribution >= 0.6 is 12.8 Å². The molecule has 0 unspecified atom stereocenters. The van der Waals surface area contributed by atoms with Crippen LogP contribution in [0.3, 0.4) is 0 Å². The highest BCUT2D eigenvalue weighted by atomic mass is 32.1. The second kappa shape index (κ2) is 3.58. The molecule has 2 aromatic rings. The van der Waals surface area contributed by atoms with Crippen LogP contribution in [0.1, 0.15) is 25.3 Å². The molecular formula is C11H14N2S. The topological polar surface area (TPSA) is 27.8 Å². The zero-order chi connectivity index (χ0) is 10.1. The Kier molecular flexibility index (Phi) is 2.42. The standard InChI is InChI=1S/C11H14N2S/c1-7(2)10-6-12-11-5-8(13-14)3-4-9(10)11/h3-7,12-14H,1-2H3. The number of hydrogen-bond donors (Lipinski definition) is 3. The maximum absolute atomic E-state index is 4.02. The maximum atomic E-state index is 4.02. The second-order valence-corrected chi connectivity index (χ2v) is 3.99. The van der Waals surface area contributed by atoms with Crippen LogP contribution in [0.15, 0.2) is 24.4 Å². The van der Waals surface area contributed by atoms with Gasteiger partial charge in [0.25, 0.3) is 0 Å². The van der Waals surface area contributed by atoms with Crippen LogP contribution in [-0.4, -0.2) is 4.98 Å². The number of benzene rings is 1. The molecule has 1 aromatic carbocycles. The van der Waals surface area contributed by atoms with Gasteiger partial charge in [0, 0.05) is 22.8 Å². The Morgan fingerprint density at radius 3 is 2.79 bits per heavy atom. The largest absolute Gasteiger partial charge is 0.361 e. The van der Waals surface area contributed by atoms with Gasteiger partial charge in [-0.25, -0.2) is 0 Å². The zero-order valence-corrected chi connectivity index (χ0v) is 9.23. The highest BCUT2D eigenvalue weighted by Crippen LogP contribution is 2.27. The molecule has 1 aromatic heterocycles. The van der Waals surface area contributed by atoms with Gasteiger partial charge in [0.15, 0.2) is 0 Å². The molecule has 2 rings (SSSR count). The number of hydrogen-bond acceptors (Lipinski definition) is 2. The Balaban J connectivity index is 2.59. The molecule has 0 aliphatic rings. The van der Waals surface area contributed by atoms with Crippen molar-refractivity contribution in [1.82, 2.24) is 4.98 Å². The summed E-state index contributed by atoms with van der Waals surface area (Å²) in [5, 5.41) is 1.30. The van der Waals surface area contributed by atoms with E-state index < -0.39 is 0 Å². The summed E-state index contributed by atoms with van der Waals surface area (Å²) in [6.07, 6.45) is 2.08. The summed E-state index contributed by atoms with van der Waals surface area (Å²) in [6, 6.07) is 6.23. The number of thiol groups is 1. The first-order valence-corrected chi connectivity index (χ1v) is 5.18. The van der Waals surface area contributed by atoms with Gasteiger partial charge in [-0.05, 0) is 23.6 Å². The molecule has 2 nitrogen and oxygen atoms in total. The first-order chi connectivity index (χ1) is 6.72. The smallest absolute Gasteiger partial charge is 0.0477 e. The molecule has 1 heterocycles. The summed E-state index contributed by atoms with van der Waals surface area (Å²) in [4.78, 5) is 3.27. The van der Waals surface area contributed by atoms with E-state index in [0.717, 1.165) is 11.2 Å². The Morgan fingerprint density at radius 1 is 1.36 bits per heavy atom. The van der Waals surface area contributed by atoms with Gasteiger partial charge < -0.3 is 9.71 Å². The number of anilines is 1.